The molecule has 156 valence electrons. The Bertz CT molecular complexity index is 861. The van der Waals surface area contributed by atoms with E-state index in [1.54, 1.807) is 0 Å². The number of anilines is 1. The number of rotatable bonds is 8. The van der Waals surface area contributed by atoms with Gasteiger partial charge in [-0.2, -0.15) is 0 Å². The molecule has 8 heteroatoms. The molecule has 1 aromatic carbocycles. The second kappa shape index (κ2) is 9.91. The van der Waals surface area contributed by atoms with Crippen LogP contribution >= 0.6 is 11.8 Å². The SMILES string of the molecule is CCn1c(CC(=O)Nc2ccccc2C)nnc1SC(C)C(=O)NC1CCCC1. The van der Waals surface area contributed by atoms with Crippen LogP contribution in [0.3, 0.4) is 0 Å². The van der Waals surface area contributed by atoms with Crippen LogP contribution < -0.4 is 10.6 Å². The van der Waals surface area contributed by atoms with Crippen LogP contribution in [0.4, 0.5) is 5.69 Å². The number of aromatic nitrogens is 3. The predicted octanol–water partition coefficient (Wildman–Crippen LogP) is 3.33. The van der Waals surface area contributed by atoms with Crippen molar-refractivity contribution in [3.05, 3.63) is 35.7 Å². The van der Waals surface area contributed by atoms with E-state index in [0.717, 1.165) is 24.1 Å². The zero-order chi connectivity index (χ0) is 20.8. The van der Waals surface area contributed by atoms with Gasteiger partial charge >= 0.3 is 0 Å². The lowest BCUT2D eigenvalue weighted by atomic mass is 10.2. The summed E-state index contributed by atoms with van der Waals surface area (Å²) in [4.78, 5) is 24.9. The highest BCUT2D eigenvalue weighted by atomic mass is 32.2. The van der Waals surface area contributed by atoms with Gasteiger partial charge in [-0.05, 0) is 45.2 Å². The van der Waals surface area contributed by atoms with Gasteiger partial charge in [0.2, 0.25) is 11.8 Å². The van der Waals surface area contributed by atoms with Crippen LogP contribution in [0.2, 0.25) is 0 Å². The number of aryl methyl sites for hydroxylation is 1. The van der Waals surface area contributed by atoms with Crippen LogP contribution in [-0.2, 0) is 22.6 Å². The molecule has 1 aliphatic carbocycles. The van der Waals surface area contributed by atoms with Gasteiger partial charge in [-0.15, -0.1) is 10.2 Å². The van der Waals surface area contributed by atoms with Gasteiger partial charge in [-0.3, -0.25) is 9.59 Å². The third kappa shape index (κ3) is 5.59. The molecule has 1 atom stereocenters. The van der Waals surface area contributed by atoms with E-state index in [-0.39, 0.29) is 23.5 Å². The number of nitrogens with one attached hydrogen (secondary N) is 2. The Balaban J connectivity index is 1.61. The molecule has 7 nitrogen and oxygen atoms in total. The molecule has 1 unspecified atom stereocenters. The number of hydrogen-bond donors (Lipinski definition) is 2. The number of para-hydroxylation sites is 1. The normalized spacial score (nSPS) is 15.3. The Kier molecular flexibility index (Phi) is 7.30. The fraction of sp³-hybridized carbons (Fsp3) is 0.524. The number of hydrogen-bond acceptors (Lipinski definition) is 5. The van der Waals surface area contributed by atoms with E-state index >= 15 is 0 Å². The predicted molar refractivity (Wildman–Crippen MR) is 115 cm³/mol. The standard InChI is InChI=1S/C21H29N5O2S/c1-4-26-18(13-19(27)23-17-12-8-5-9-14(17)2)24-25-21(26)29-15(3)20(28)22-16-10-6-7-11-16/h5,8-9,12,15-16H,4,6-7,10-11,13H2,1-3H3,(H,22,28)(H,23,27). The van der Waals surface area contributed by atoms with Crippen molar-refractivity contribution in [2.45, 2.75) is 75.9 Å². The molecular weight excluding hydrogens is 386 g/mol. The fourth-order valence-corrected chi connectivity index (χ4v) is 4.45. The summed E-state index contributed by atoms with van der Waals surface area (Å²) in [6.45, 7) is 6.46. The number of carbonyl (C=O) groups excluding carboxylic acids is 2. The maximum absolute atomic E-state index is 12.5. The van der Waals surface area contributed by atoms with Gasteiger partial charge in [0.05, 0.1) is 11.7 Å². The average molecular weight is 416 g/mol. The minimum atomic E-state index is -0.265. The Morgan fingerprint density at radius 1 is 1.24 bits per heavy atom. The molecule has 0 aliphatic heterocycles. The van der Waals surface area contributed by atoms with Crippen molar-refractivity contribution in [3.63, 3.8) is 0 Å². The molecular formula is C21H29N5O2S. The molecule has 0 saturated heterocycles. The number of nitrogens with zero attached hydrogens (tertiary/aromatic N) is 3. The van der Waals surface area contributed by atoms with Gasteiger partial charge in [0.25, 0.3) is 0 Å². The largest absolute Gasteiger partial charge is 0.352 e. The lowest BCUT2D eigenvalue weighted by molar-refractivity contribution is -0.121. The van der Waals surface area contributed by atoms with Crippen LogP contribution in [0.25, 0.3) is 0 Å². The summed E-state index contributed by atoms with van der Waals surface area (Å²) < 4.78 is 1.90. The van der Waals surface area contributed by atoms with Crippen molar-refractivity contribution < 1.29 is 9.59 Å². The van der Waals surface area contributed by atoms with Crippen molar-refractivity contribution in [1.29, 1.82) is 0 Å². The van der Waals surface area contributed by atoms with Gasteiger partial charge < -0.3 is 15.2 Å². The summed E-state index contributed by atoms with van der Waals surface area (Å²) in [5, 5.41) is 14.9. The minimum Gasteiger partial charge on any atom is -0.352 e. The number of carbonyl (C=O) groups is 2. The van der Waals surface area contributed by atoms with Crippen LogP contribution in [0.15, 0.2) is 29.4 Å². The van der Waals surface area contributed by atoms with E-state index in [0.29, 0.717) is 23.6 Å². The van der Waals surface area contributed by atoms with Gasteiger partial charge in [0.1, 0.15) is 5.82 Å². The highest BCUT2D eigenvalue weighted by Gasteiger charge is 2.24. The van der Waals surface area contributed by atoms with Crippen molar-refractivity contribution in [3.8, 4) is 0 Å². The molecule has 0 bridgehead atoms. The average Bonchev–Trinajstić information content (AvgIpc) is 3.33. The van der Waals surface area contributed by atoms with Crippen molar-refractivity contribution in [2.24, 2.45) is 0 Å². The number of benzene rings is 1. The van der Waals surface area contributed by atoms with Crippen LogP contribution in [0.1, 0.15) is 50.9 Å². The van der Waals surface area contributed by atoms with E-state index in [1.165, 1.54) is 24.6 Å². The molecule has 0 radical (unpaired) electrons. The zero-order valence-corrected chi connectivity index (χ0v) is 18.1. The summed E-state index contributed by atoms with van der Waals surface area (Å²) in [6, 6.07) is 7.96. The lowest BCUT2D eigenvalue weighted by Gasteiger charge is -2.16. The Morgan fingerprint density at radius 2 is 1.97 bits per heavy atom. The molecule has 1 aliphatic rings. The van der Waals surface area contributed by atoms with E-state index in [2.05, 4.69) is 20.8 Å². The Morgan fingerprint density at radius 3 is 2.66 bits per heavy atom. The van der Waals surface area contributed by atoms with E-state index in [4.69, 9.17) is 0 Å². The maximum Gasteiger partial charge on any atom is 0.233 e. The lowest BCUT2D eigenvalue weighted by Crippen LogP contribution is -2.37. The summed E-state index contributed by atoms with van der Waals surface area (Å²) in [5.41, 5.74) is 1.81. The topological polar surface area (TPSA) is 88.9 Å². The smallest absolute Gasteiger partial charge is 0.233 e. The zero-order valence-electron chi connectivity index (χ0n) is 17.3. The molecule has 2 amide bonds. The highest BCUT2D eigenvalue weighted by Crippen LogP contribution is 2.24. The molecule has 2 aromatic rings. The monoisotopic (exact) mass is 415 g/mol. The first kappa shape index (κ1) is 21.4. The van der Waals surface area contributed by atoms with Gasteiger partial charge in [0.15, 0.2) is 5.16 Å². The number of amides is 2. The molecule has 1 heterocycles. The highest BCUT2D eigenvalue weighted by molar-refractivity contribution is 8.00. The van der Waals surface area contributed by atoms with Crippen molar-refractivity contribution >= 4 is 29.3 Å². The Hall–Kier alpha value is -2.35. The van der Waals surface area contributed by atoms with Crippen molar-refractivity contribution in [2.75, 3.05) is 5.32 Å². The Labute approximate surface area is 176 Å². The summed E-state index contributed by atoms with van der Waals surface area (Å²) in [5.74, 6) is 0.501. The second-order valence-corrected chi connectivity index (χ2v) is 8.74. The van der Waals surface area contributed by atoms with Gasteiger partial charge in [-0.25, -0.2) is 0 Å². The number of thioether (sulfide) groups is 1. The van der Waals surface area contributed by atoms with Crippen molar-refractivity contribution in [1.82, 2.24) is 20.1 Å². The van der Waals surface area contributed by atoms with Gasteiger partial charge in [-0.1, -0.05) is 42.8 Å². The molecule has 1 saturated carbocycles. The molecule has 1 fully saturated rings. The summed E-state index contributed by atoms with van der Waals surface area (Å²) in [7, 11) is 0. The van der Waals surface area contributed by atoms with Crippen LogP contribution in [-0.4, -0.2) is 37.9 Å². The summed E-state index contributed by atoms with van der Waals surface area (Å²) in [6.07, 6.45) is 4.64. The molecule has 3 rings (SSSR count). The maximum atomic E-state index is 12.5. The van der Waals surface area contributed by atoms with Crippen LogP contribution in [0.5, 0.6) is 0 Å². The molecule has 0 spiro atoms. The third-order valence-electron chi connectivity index (χ3n) is 5.20. The first-order valence-electron chi connectivity index (χ1n) is 10.2. The minimum absolute atomic E-state index is 0.0337. The quantitative estimate of drug-likeness (QED) is 0.646. The summed E-state index contributed by atoms with van der Waals surface area (Å²) >= 11 is 1.39. The third-order valence-corrected chi connectivity index (χ3v) is 6.28. The van der Waals surface area contributed by atoms with E-state index in [9.17, 15) is 9.59 Å². The van der Waals surface area contributed by atoms with E-state index in [1.807, 2.05) is 49.6 Å². The fourth-order valence-electron chi connectivity index (χ4n) is 3.51. The molecule has 2 N–H and O–H groups in total. The molecule has 29 heavy (non-hydrogen) atoms. The van der Waals surface area contributed by atoms with Crippen LogP contribution in [0, 0.1) is 6.92 Å². The first-order chi connectivity index (χ1) is 14.0. The first-order valence-corrected chi connectivity index (χ1v) is 11.1. The molecule has 1 aromatic heterocycles. The van der Waals surface area contributed by atoms with Gasteiger partial charge in [0, 0.05) is 18.3 Å². The second-order valence-electron chi connectivity index (χ2n) is 7.43. The van der Waals surface area contributed by atoms with E-state index < -0.39 is 0 Å².